The van der Waals surface area contributed by atoms with E-state index in [1.165, 1.54) is 24.3 Å². The minimum Gasteiger partial charge on any atom is -0.319 e. The molecule has 1 aliphatic carbocycles. The first-order valence-electron chi connectivity index (χ1n) is 9.51. The van der Waals surface area contributed by atoms with Gasteiger partial charge in [-0.3, -0.25) is 9.59 Å². The van der Waals surface area contributed by atoms with Crippen molar-refractivity contribution in [2.75, 3.05) is 5.32 Å². The van der Waals surface area contributed by atoms with Gasteiger partial charge < -0.3 is 9.84 Å². The van der Waals surface area contributed by atoms with Gasteiger partial charge in [-0.15, -0.1) is 0 Å². The van der Waals surface area contributed by atoms with Gasteiger partial charge in [-0.2, -0.15) is 13.2 Å². The Kier molecular flexibility index (Phi) is 4.91. The molecule has 31 heavy (non-hydrogen) atoms. The third-order valence-corrected chi connectivity index (χ3v) is 5.56. The summed E-state index contributed by atoms with van der Waals surface area (Å²) in [5.74, 6) is -1.59. The molecule has 1 amide bonds. The molecule has 0 aliphatic heterocycles. The first kappa shape index (κ1) is 20.8. The molecule has 1 saturated carbocycles. The molecule has 6 nitrogen and oxygen atoms in total. The van der Waals surface area contributed by atoms with Crippen LogP contribution in [0.4, 0.5) is 18.9 Å². The highest BCUT2D eigenvalue weighted by Crippen LogP contribution is 2.52. The molecule has 0 spiro atoms. The summed E-state index contributed by atoms with van der Waals surface area (Å²) in [5.41, 5.74) is -1.01. The molecule has 3 aromatic rings. The average molecular weight is 430 g/mol. The summed E-state index contributed by atoms with van der Waals surface area (Å²) >= 11 is 0. The number of Topliss-reactive ketones (excluding diaryl/α,β-unsaturated/α-hetero) is 1. The van der Waals surface area contributed by atoms with Crippen molar-refractivity contribution in [3.05, 3.63) is 69.7 Å². The number of hydrogen-bond acceptors (Lipinski definition) is 5. The summed E-state index contributed by atoms with van der Waals surface area (Å²) in [5, 5.41) is 6.88. The summed E-state index contributed by atoms with van der Waals surface area (Å²) in [6, 6.07) is 9.32. The fraction of sp³-hybridized carbons (Fsp3) is 0.273. The molecule has 0 bridgehead atoms. The Labute approximate surface area is 174 Å². The summed E-state index contributed by atoms with van der Waals surface area (Å²) in [6.45, 7) is 1.63. The van der Waals surface area contributed by atoms with Crippen molar-refractivity contribution in [3.63, 3.8) is 0 Å². The number of nitrogens with one attached hydrogen (secondary N) is 1. The summed E-state index contributed by atoms with van der Waals surface area (Å²) in [7, 11) is 0. The van der Waals surface area contributed by atoms with E-state index in [0.717, 1.165) is 12.1 Å². The second-order valence-electron chi connectivity index (χ2n) is 7.73. The van der Waals surface area contributed by atoms with Crippen molar-refractivity contribution in [1.82, 2.24) is 5.16 Å². The summed E-state index contributed by atoms with van der Waals surface area (Å²) in [6.07, 6.45) is -3.60. The topological polar surface area (TPSA) is 89.3 Å². The van der Waals surface area contributed by atoms with Crippen LogP contribution in [-0.2, 0) is 21.2 Å². The second kappa shape index (κ2) is 7.33. The van der Waals surface area contributed by atoms with E-state index in [2.05, 4.69) is 15.0 Å². The highest BCUT2D eigenvalue weighted by molar-refractivity contribution is 6.41. The first-order valence-corrected chi connectivity index (χ1v) is 9.51. The number of carbonyl (C=O) groups is 2. The van der Waals surface area contributed by atoms with Gasteiger partial charge in [-0.25, -0.2) is 4.79 Å². The number of amides is 1. The van der Waals surface area contributed by atoms with E-state index in [1.807, 2.05) is 0 Å². The van der Waals surface area contributed by atoms with Gasteiger partial charge in [0.2, 0.25) is 5.78 Å². The smallest absolute Gasteiger partial charge is 0.319 e. The van der Waals surface area contributed by atoms with Crippen LogP contribution >= 0.6 is 0 Å². The molecule has 0 unspecified atom stereocenters. The Morgan fingerprint density at radius 2 is 1.87 bits per heavy atom. The van der Waals surface area contributed by atoms with Gasteiger partial charge in [0.25, 0.3) is 5.91 Å². The number of nitrogens with zero attached hydrogens (tertiary/aromatic N) is 1. The first-order chi connectivity index (χ1) is 14.6. The van der Waals surface area contributed by atoms with E-state index in [1.54, 1.807) is 13.0 Å². The normalized spacial score (nSPS) is 15.0. The maximum atomic E-state index is 13.0. The van der Waals surface area contributed by atoms with Crippen LogP contribution in [0, 0.1) is 6.92 Å². The van der Waals surface area contributed by atoms with Crippen LogP contribution in [0.15, 0.2) is 51.8 Å². The molecular weight excluding hydrogens is 413 g/mol. The van der Waals surface area contributed by atoms with Crippen molar-refractivity contribution in [2.24, 2.45) is 0 Å². The zero-order chi connectivity index (χ0) is 22.4. The maximum Gasteiger partial charge on any atom is 0.416 e. The van der Waals surface area contributed by atoms with Crippen molar-refractivity contribution in [1.29, 1.82) is 0 Å². The second-order valence-corrected chi connectivity index (χ2v) is 7.73. The SMILES string of the molecule is Cc1noc(=O)c2ccc(NC(=O)C(=O)CC3(c4cccc(C(F)(F)F)c4)CC3)cc12. The lowest BCUT2D eigenvalue weighted by atomic mass is 9.89. The number of benzene rings is 2. The Bertz CT molecular complexity index is 1260. The quantitative estimate of drug-likeness (QED) is 0.615. The highest BCUT2D eigenvalue weighted by atomic mass is 19.4. The lowest BCUT2D eigenvalue weighted by Gasteiger charge is -2.17. The number of ketones is 1. The average Bonchev–Trinajstić information content (AvgIpc) is 3.51. The Morgan fingerprint density at radius 3 is 2.55 bits per heavy atom. The lowest BCUT2D eigenvalue weighted by molar-refractivity contribution is -0.137. The Balaban J connectivity index is 1.51. The maximum absolute atomic E-state index is 13.0. The van der Waals surface area contributed by atoms with Gasteiger partial charge in [0.1, 0.15) is 0 Å². The summed E-state index contributed by atoms with van der Waals surface area (Å²) < 4.78 is 43.7. The number of fused-ring (bicyclic) bond motifs is 1. The van der Waals surface area contributed by atoms with E-state index < -0.39 is 34.5 Å². The number of carbonyl (C=O) groups excluding carboxylic acids is 2. The summed E-state index contributed by atoms with van der Waals surface area (Å²) in [4.78, 5) is 36.7. The van der Waals surface area contributed by atoms with Crippen LogP contribution < -0.4 is 10.9 Å². The number of aryl methyl sites for hydroxylation is 1. The van der Waals surface area contributed by atoms with Crippen LogP contribution in [0.5, 0.6) is 0 Å². The molecule has 1 heterocycles. The third-order valence-electron chi connectivity index (χ3n) is 5.56. The van der Waals surface area contributed by atoms with Crippen molar-refractivity contribution < 1.29 is 27.3 Å². The standard InChI is InChI=1S/C22H17F3N2O4/c1-12-17-10-15(5-6-16(17)20(30)31-27-12)26-19(29)18(28)11-21(7-8-21)13-3-2-4-14(9-13)22(23,24)25/h2-6,9-10H,7-8,11H2,1H3,(H,26,29). The number of rotatable bonds is 5. The number of anilines is 1. The molecule has 1 N–H and O–H groups in total. The number of alkyl halides is 3. The van der Waals surface area contributed by atoms with E-state index >= 15 is 0 Å². The van der Waals surface area contributed by atoms with Crippen LogP contribution in [0.2, 0.25) is 0 Å². The zero-order valence-corrected chi connectivity index (χ0v) is 16.4. The molecule has 1 aromatic heterocycles. The zero-order valence-electron chi connectivity index (χ0n) is 16.4. The molecule has 9 heteroatoms. The van der Waals surface area contributed by atoms with Gasteiger partial charge >= 0.3 is 11.8 Å². The molecule has 4 rings (SSSR count). The van der Waals surface area contributed by atoms with Gasteiger partial charge in [-0.05, 0) is 49.6 Å². The third kappa shape index (κ3) is 4.08. The van der Waals surface area contributed by atoms with E-state index in [-0.39, 0.29) is 6.42 Å². The molecule has 0 saturated heterocycles. The molecule has 160 valence electrons. The molecule has 1 fully saturated rings. The minimum atomic E-state index is -4.48. The molecular formula is C22H17F3N2O4. The van der Waals surface area contributed by atoms with Gasteiger partial charge in [0.15, 0.2) is 0 Å². The number of aromatic nitrogens is 1. The van der Waals surface area contributed by atoms with E-state index in [4.69, 9.17) is 0 Å². The Hall–Kier alpha value is -3.49. The van der Waals surface area contributed by atoms with Crippen molar-refractivity contribution in [2.45, 2.75) is 37.8 Å². The van der Waals surface area contributed by atoms with E-state index in [9.17, 15) is 27.6 Å². The van der Waals surface area contributed by atoms with Gasteiger partial charge in [0, 0.05) is 22.9 Å². The van der Waals surface area contributed by atoms with Crippen LogP contribution in [0.25, 0.3) is 10.8 Å². The van der Waals surface area contributed by atoms with E-state index in [0.29, 0.717) is 40.6 Å². The predicted molar refractivity (Wildman–Crippen MR) is 106 cm³/mol. The van der Waals surface area contributed by atoms with Gasteiger partial charge in [-0.1, -0.05) is 23.4 Å². The largest absolute Gasteiger partial charge is 0.416 e. The fourth-order valence-electron chi connectivity index (χ4n) is 3.64. The van der Waals surface area contributed by atoms with Crippen molar-refractivity contribution in [3.8, 4) is 0 Å². The molecule has 2 aromatic carbocycles. The van der Waals surface area contributed by atoms with Crippen LogP contribution in [-0.4, -0.2) is 16.8 Å². The fourth-order valence-corrected chi connectivity index (χ4v) is 3.64. The van der Waals surface area contributed by atoms with Crippen molar-refractivity contribution >= 4 is 28.2 Å². The predicted octanol–water partition coefficient (Wildman–Crippen LogP) is 4.14. The minimum absolute atomic E-state index is 0.183. The van der Waals surface area contributed by atoms with Crippen LogP contribution in [0.3, 0.4) is 0 Å². The number of hydrogen-bond donors (Lipinski definition) is 1. The Morgan fingerprint density at radius 1 is 1.13 bits per heavy atom. The molecule has 1 aliphatic rings. The molecule has 0 atom stereocenters. The number of halogens is 3. The van der Waals surface area contributed by atoms with Crippen LogP contribution in [0.1, 0.15) is 36.1 Å². The molecule has 0 radical (unpaired) electrons. The highest BCUT2D eigenvalue weighted by Gasteiger charge is 2.47. The monoisotopic (exact) mass is 430 g/mol. The lowest BCUT2D eigenvalue weighted by Crippen LogP contribution is -2.27. The van der Waals surface area contributed by atoms with Gasteiger partial charge in [0.05, 0.1) is 16.6 Å².